The molecule has 1 unspecified atom stereocenters. The summed E-state index contributed by atoms with van der Waals surface area (Å²) in [7, 11) is 0. The molecule has 0 aromatic carbocycles. The molecule has 0 radical (unpaired) electrons. The predicted molar refractivity (Wildman–Crippen MR) is 79.5 cm³/mol. The Hall–Kier alpha value is -2.00. The molecule has 0 amide bonds. The van der Waals surface area contributed by atoms with Crippen LogP contribution < -0.4 is 0 Å². The molecule has 1 N–H and O–H groups in total. The maximum absolute atomic E-state index is 13.0. The molecule has 0 spiro atoms. The van der Waals surface area contributed by atoms with Gasteiger partial charge in [-0.3, -0.25) is 9.38 Å². The van der Waals surface area contributed by atoms with Gasteiger partial charge in [-0.15, -0.1) is 0 Å². The third-order valence-electron chi connectivity index (χ3n) is 3.42. The number of hydrogen-bond donors (Lipinski definition) is 1. The SMILES string of the molecule is CC(O)(c1cn2c(-c3cccc(Br)n3)cnc2cn1)C(F)(F)F. The van der Waals surface area contributed by atoms with Crippen molar-refractivity contribution in [1.82, 2.24) is 19.4 Å². The maximum atomic E-state index is 13.0. The van der Waals surface area contributed by atoms with Crippen LogP contribution in [-0.4, -0.2) is 30.6 Å². The summed E-state index contributed by atoms with van der Waals surface area (Å²) >= 11 is 3.24. The van der Waals surface area contributed by atoms with Gasteiger partial charge in [0.15, 0.2) is 5.65 Å². The van der Waals surface area contributed by atoms with E-state index in [0.717, 1.165) is 6.20 Å². The number of fused-ring (bicyclic) bond motifs is 1. The molecule has 23 heavy (non-hydrogen) atoms. The lowest BCUT2D eigenvalue weighted by molar-refractivity contribution is -0.260. The van der Waals surface area contributed by atoms with E-state index >= 15 is 0 Å². The number of aromatic nitrogens is 4. The predicted octanol–water partition coefficient (Wildman–Crippen LogP) is 3.32. The van der Waals surface area contributed by atoms with Gasteiger partial charge in [0.2, 0.25) is 5.60 Å². The van der Waals surface area contributed by atoms with Crippen LogP contribution in [0.4, 0.5) is 13.2 Å². The highest BCUT2D eigenvalue weighted by Gasteiger charge is 2.52. The van der Waals surface area contributed by atoms with Gasteiger partial charge in [-0.1, -0.05) is 6.07 Å². The van der Waals surface area contributed by atoms with Crippen LogP contribution in [0.1, 0.15) is 12.6 Å². The first-order valence-electron chi connectivity index (χ1n) is 6.46. The van der Waals surface area contributed by atoms with Crippen molar-refractivity contribution < 1.29 is 18.3 Å². The second kappa shape index (κ2) is 5.27. The van der Waals surface area contributed by atoms with Gasteiger partial charge in [-0.05, 0) is 35.0 Å². The van der Waals surface area contributed by atoms with Gasteiger partial charge in [0.1, 0.15) is 4.60 Å². The molecule has 3 rings (SSSR count). The van der Waals surface area contributed by atoms with Gasteiger partial charge in [-0.2, -0.15) is 13.2 Å². The monoisotopic (exact) mass is 386 g/mol. The third-order valence-corrected chi connectivity index (χ3v) is 3.87. The molecular formula is C14H10BrF3N4O. The second-order valence-electron chi connectivity index (χ2n) is 5.06. The Labute approximate surface area is 137 Å². The van der Waals surface area contributed by atoms with Crippen LogP contribution >= 0.6 is 15.9 Å². The molecule has 0 saturated heterocycles. The molecule has 3 aromatic rings. The molecule has 0 saturated carbocycles. The fourth-order valence-electron chi connectivity index (χ4n) is 2.03. The van der Waals surface area contributed by atoms with E-state index in [0.29, 0.717) is 28.6 Å². The largest absolute Gasteiger partial charge is 0.422 e. The zero-order chi connectivity index (χ0) is 16.8. The van der Waals surface area contributed by atoms with E-state index in [-0.39, 0.29) is 0 Å². The zero-order valence-corrected chi connectivity index (χ0v) is 13.3. The molecular weight excluding hydrogens is 377 g/mol. The van der Waals surface area contributed by atoms with Crippen LogP contribution in [0.25, 0.3) is 17.0 Å². The molecule has 0 aliphatic carbocycles. The van der Waals surface area contributed by atoms with Crippen molar-refractivity contribution in [3.8, 4) is 11.4 Å². The van der Waals surface area contributed by atoms with Gasteiger partial charge in [-0.25, -0.2) is 9.97 Å². The van der Waals surface area contributed by atoms with Gasteiger partial charge in [0, 0.05) is 6.20 Å². The highest BCUT2D eigenvalue weighted by molar-refractivity contribution is 9.10. The molecule has 1 atom stereocenters. The van der Waals surface area contributed by atoms with Crippen molar-refractivity contribution in [2.24, 2.45) is 0 Å². The number of aliphatic hydroxyl groups is 1. The smallest absolute Gasteiger partial charge is 0.375 e. The minimum absolute atomic E-state index is 0.350. The fraction of sp³-hybridized carbons (Fsp3) is 0.214. The molecule has 120 valence electrons. The summed E-state index contributed by atoms with van der Waals surface area (Å²) in [5, 5.41) is 9.78. The second-order valence-corrected chi connectivity index (χ2v) is 5.87. The fourth-order valence-corrected chi connectivity index (χ4v) is 2.37. The normalized spacial score (nSPS) is 14.9. The molecule has 3 heterocycles. The lowest BCUT2D eigenvalue weighted by atomic mass is 10.0. The average Bonchev–Trinajstić information content (AvgIpc) is 2.89. The van der Waals surface area contributed by atoms with Crippen LogP contribution in [0.3, 0.4) is 0 Å². The Balaban J connectivity index is 2.18. The number of hydrogen-bond acceptors (Lipinski definition) is 4. The minimum Gasteiger partial charge on any atom is -0.375 e. The van der Waals surface area contributed by atoms with Gasteiger partial charge < -0.3 is 5.11 Å². The molecule has 0 bridgehead atoms. The third kappa shape index (κ3) is 2.70. The maximum Gasteiger partial charge on any atom is 0.422 e. The Morgan fingerprint density at radius 2 is 1.91 bits per heavy atom. The van der Waals surface area contributed by atoms with Crippen LogP contribution in [0, 0.1) is 0 Å². The Morgan fingerprint density at radius 3 is 2.57 bits per heavy atom. The molecule has 0 aliphatic heterocycles. The van der Waals surface area contributed by atoms with Crippen molar-refractivity contribution in [2.45, 2.75) is 18.7 Å². The highest BCUT2D eigenvalue weighted by atomic mass is 79.9. The Kier molecular flexibility index (Phi) is 3.64. The standard InChI is InChI=1S/C14H10BrF3N4O/c1-13(23,14(16,17)18)10-7-22-9(5-20-12(22)6-19-10)8-3-2-4-11(15)21-8/h2-7,23H,1H3. The number of alkyl halides is 3. The summed E-state index contributed by atoms with van der Waals surface area (Å²) in [5.74, 6) is 0. The molecule has 3 aromatic heterocycles. The number of pyridine rings is 1. The highest BCUT2D eigenvalue weighted by Crippen LogP contribution is 2.37. The van der Waals surface area contributed by atoms with Crippen LogP contribution in [0.5, 0.6) is 0 Å². The summed E-state index contributed by atoms with van der Waals surface area (Å²) in [6.45, 7) is 0.662. The van der Waals surface area contributed by atoms with E-state index in [1.54, 1.807) is 18.2 Å². The summed E-state index contributed by atoms with van der Waals surface area (Å²) in [4.78, 5) is 12.0. The minimum atomic E-state index is -4.84. The van der Waals surface area contributed by atoms with E-state index in [1.807, 2.05) is 0 Å². The van der Waals surface area contributed by atoms with Crippen molar-refractivity contribution in [1.29, 1.82) is 0 Å². The summed E-state index contributed by atoms with van der Waals surface area (Å²) in [6.07, 6.45) is -1.06. The molecule has 9 heteroatoms. The first-order valence-corrected chi connectivity index (χ1v) is 7.25. The summed E-state index contributed by atoms with van der Waals surface area (Å²) in [6, 6.07) is 5.18. The number of rotatable bonds is 2. The van der Waals surface area contributed by atoms with Crippen LogP contribution in [0.15, 0.2) is 41.4 Å². The van der Waals surface area contributed by atoms with E-state index in [2.05, 4.69) is 30.9 Å². The van der Waals surface area contributed by atoms with Crippen molar-refractivity contribution in [2.75, 3.05) is 0 Å². The number of halogens is 4. The van der Waals surface area contributed by atoms with Gasteiger partial charge >= 0.3 is 6.18 Å². The van der Waals surface area contributed by atoms with Gasteiger partial charge in [0.25, 0.3) is 0 Å². The van der Waals surface area contributed by atoms with E-state index in [4.69, 9.17) is 0 Å². The van der Waals surface area contributed by atoms with Gasteiger partial charge in [0.05, 0.1) is 29.5 Å². The van der Waals surface area contributed by atoms with Crippen LogP contribution in [-0.2, 0) is 5.60 Å². The Morgan fingerprint density at radius 1 is 1.17 bits per heavy atom. The van der Waals surface area contributed by atoms with Crippen molar-refractivity contribution >= 4 is 21.6 Å². The lowest BCUT2D eigenvalue weighted by Gasteiger charge is -2.25. The van der Waals surface area contributed by atoms with Crippen LogP contribution in [0.2, 0.25) is 0 Å². The zero-order valence-electron chi connectivity index (χ0n) is 11.7. The first-order chi connectivity index (χ1) is 10.7. The van der Waals surface area contributed by atoms with Crippen molar-refractivity contribution in [3.63, 3.8) is 0 Å². The summed E-state index contributed by atoms with van der Waals surface area (Å²) in [5.41, 5.74) is -2.22. The number of imidazole rings is 1. The quantitative estimate of drug-likeness (QED) is 0.686. The lowest BCUT2D eigenvalue weighted by Crippen LogP contribution is -2.40. The first kappa shape index (κ1) is 15.9. The van der Waals surface area contributed by atoms with Crippen molar-refractivity contribution in [3.05, 3.63) is 47.1 Å². The number of nitrogens with zero attached hydrogens (tertiary/aromatic N) is 4. The molecule has 5 nitrogen and oxygen atoms in total. The summed E-state index contributed by atoms with van der Waals surface area (Å²) < 4.78 is 41.0. The Bertz CT molecular complexity index is 876. The molecule has 0 fully saturated rings. The molecule has 0 aliphatic rings. The van der Waals surface area contributed by atoms with E-state index < -0.39 is 17.5 Å². The average molecular weight is 387 g/mol. The topological polar surface area (TPSA) is 63.3 Å². The van der Waals surface area contributed by atoms with E-state index in [1.165, 1.54) is 16.8 Å². The van der Waals surface area contributed by atoms with E-state index in [9.17, 15) is 18.3 Å².